The van der Waals surface area contributed by atoms with Gasteiger partial charge in [-0.3, -0.25) is 0 Å². The molecule has 0 spiro atoms. The molecule has 1 nitrogen and oxygen atoms in total. The second kappa shape index (κ2) is 2.88. The quantitative estimate of drug-likeness (QED) is 0.739. The fourth-order valence-corrected chi connectivity index (χ4v) is 2.95. The third-order valence-corrected chi connectivity index (χ3v) is 3.89. The van der Waals surface area contributed by atoms with Crippen LogP contribution in [0.4, 0.5) is 5.00 Å². The van der Waals surface area contributed by atoms with Crippen LogP contribution in [0, 0.1) is 10.5 Å². The predicted octanol–water partition coefficient (Wildman–Crippen LogP) is 3.40. The van der Waals surface area contributed by atoms with Crippen LogP contribution in [0.25, 0.3) is 10.1 Å². The minimum atomic E-state index is 0.900. The molecule has 62 valence electrons. The maximum Gasteiger partial charge on any atom is 0.0869 e. The minimum Gasteiger partial charge on any atom is -0.391 e. The number of benzene rings is 1. The van der Waals surface area contributed by atoms with Gasteiger partial charge in [-0.2, -0.15) is 0 Å². The van der Waals surface area contributed by atoms with Gasteiger partial charge < -0.3 is 5.73 Å². The van der Waals surface area contributed by atoms with Crippen LogP contribution in [0.1, 0.15) is 5.56 Å². The van der Waals surface area contributed by atoms with Gasteiger partial charge in [0.15, 0.2) is 0 Å². The van der Waals surface area contributed by atoms with Crippen LogP contribution in [0.2, 0.25) is 0 Å². The van der Waals surface area contributed by atoms with Crippen LogP contribution >= 0.6 is 33.9 Å². The lowest BCUT2D eigenvalue weighted by Crippen LogP contribution is -1.75. The third-order valence-electron chi connectivity index (χ3n) is 1.85. The van der Waals surface area contributed by atoms with Crippen LogP contribution in [-0.2, 0) is 0 Å². The molecule has 2 aromatic rings. The van der Waals surface area contributed by atoms with Crippen molar-refractivity contribution in [2.75, 3.05) is 5.73 Å². The maximum absolute atomic E-state index is 5.74. The Morgan fingerprint density at radius 1 is 1.42 bits per heavy atom. The first-order chi connectivity index (χ1) is 5.68. The molecule has 1 heterocycles. The Bertz CT molecular complexity index is 394. The second-order valence-corrected chi connectivity index (χ2v) is 5.00. The molecular formula is C9H8INS. The first-order valence-electron chi connectivity index (χ1n) is 3.62. The summed E-state index contributed by atoms with van der Waals surface area (Å²) < 4.78 is 2.60. The van der Waals surface area contributed by atoms with E-state index in [-0.39, 0.29) is 0 Å². The Morgan fingerprint density at radius 3 is 2.83 bits per heavy atom. The molecule has 0 amide bonds. The summed E-state index contributed by atoms with van der Waals surface area (Å²) in [6.45, 7) is 2.12. The van der Waals surface area contributed by atoms with E-state index in [1.54, 1.807) is 11.3 Å². The number of hydrogen-bond donors (Lipinski definition) is 1. The summed E-state index contributed by atoms with van der Waals surface area (Å²) in [6, 6.07) is 6.32. The van der Waals surface area contributed by atoms with Gasteiger partial charge in [0, 0.05) is 13.7 Å². The third kappa shape index (κ3) is 1.21. The number of nitrogen functional groups attached to an aromatic ring is 1. The molecule has 2 N–H and O–H groups in total. The highest BCUT2D eigenvalue weighted by Crippen LogP contribution is 2.33. The van der Waals surface area contributed by atoms with E-state index < -0.39 is 0 Å². The predicted molar refractivity (Wildman–Crippen MR) is 63.7 cm³/mol. The summed E-state index contributed by atoms with van der Waals surface area (Å²) >= 11 is 4.01. The van der Waals surface area contributed by atoms with Gasteiger partial charge in [0.2, 0.25) is 0 Å². The molecule has 2 rings (SSSR count). The summed E-state index contributed by atoms with van der Waals surface area (Å²) in [4.78, 5) is 0. The number of aryl methyl sites for hydroxylation is 1. The van der Waals surface area contributed by atoms with Crippen LogP contribution < -0.4 is 5.73 Å². The van der Waals surface area contributed by atoms with E-state index in [0.717, 1.165) is 5.00 Å². The van der Waals surface area contributed by atoms with Gasteiger partial charge in [0.1, 0.15) is 0 Å². The normalized spacial score (nSPS) is 10.8. The molecule has 0 aliphatic carbocycles. The summed E-state index contributed by atoms with van der Waals surface area (Å²) in [5.41, 5.74) is 7.06. The van der Waals surface area contributed by atoms with Crippen molar-refractivity contribution in [2.45, 2.75) is 6.92 Å². The molecule has 0 aliphatic rings. The Kier molecular flexibility index (Phi) is 2.00. The molecular weight excluding hydrogens is 281 g/mol. The van der Waals surface area contributed by atoms with Crippen molar-refractivity contribution < 1.29 is 0 Å². The van der Waals surface area contributed by atoms with Gasteiger partial charge in [-0.1, -0.05) is 6.07 Å². The SMILES string of the molecule is Cc1ccc(I)c2cc(N)sc12. The first-order valence-corrected chi connectivity index (χ1v) is 5.52. The zero-order valence-corrected chi connectivity index (χ0v) is 9.57. The summed E-state index contributed by atoms with van der Waals surface area (Å²) in [6.07, 6.45) is 0. The number of hydrogen-bond acceptors (Lipinski definition) is 2. The zero-order chi connectivity index (χ0) is 8.72. The molecule has 0 unspecified atom stereocenters. The number of halogens is 1. The minimum absolute atomic E-state index is 0.900. The molecule has 0 saturated carbocycles. The molecule has 0 bridgehead atoms. The highest BCUT2D eigenvalue weighted by molar-refractivity contribution is 14.1. The molecule has 1 aromatic heterocycles. The van der Waals surface area contributed by atoms with Crippen LogP contribution in [0.3, 0.4) is 0 Å². The van der Waals surface area contributed by atoms with Crippen molar-refractivity contribution >= 4 is 49.0 Å². The van der Waals surface area contributed by atoms with Gasteiger partial charge in [-0.05, 0) is 47.2 Å². The molecule has 12 heavy (non-hydrogen) atoms. The van der Waals surface area contributed by atoms with E-state index in [4.69, 9.17) is 5.73 Å². The Hall–Kier alpha value is -0.290. The van der Waals surface area contributed by atoms with E-state index in [0.29, 0.717) is 0 Å². The summed E-state index contributed by atoms with van der Waals surface area (Å²) in [5.74, 6) is 0. The number of nitrogens with two attached hydrogens (primary N) is 1. The van der Waals surface area contributed by atoms with Gasteiger partial charge in [0.05, 0.1) is 5.00 Å². The van der Waals surface area contributed by atoms with Crippen molar-refractivity contribution in [3.8, 4) is 0 Å². The standard InChI is InChI=1S/C9H8INS/c1-5-2-3-7(10)6-4-8(11)12-9(5)6/h2-4H,11H2,1H3. The fourth-order valence-electron chi connectivity index (χ4n) is 1.24. The van der Waals surface area contributed by atoms with Gasteiger partial charge in [0.25, 0.3) is 0 Å². The van der Waals surface area contributed by atoms with E-state index >= 15 is 0 Å². The zero-order valence-electron chi connectivity index (χ0n) is 6.60. The van der Waals surface area contributed by atoms with Gasteiger partial charge in [-0.25, -0.2) is 0 Å². The fraction of sp³-hybridized carbons (Fsp3) is 0.111. The molecule has 0 aliphatic heterocycles. The Labute approximate surface area is 88.7 Å². The van der Waals surface area contributed by atoms with E-state index in [9.17, 15) is 0 Å². The lowest BCUT2D eigenvalue weighted by atomic mass is 10.2. The van der Waals surface area contributed by atoms with E-state index in [1.165, 1.54) is 19.2 Å². The highest BCUT2D eigenvalue weighted by Gasteiger charge is 2.04. The molecule has 0 atom stereocenters. The molecule has 3 heteroatoms. The van der Waals surface area contributed by atoms with Crippen LogP contribution in [0.15, 0.2) is 18.2 Å². The van der Waals surface area contributed by atoms with Crippen molar-refractivity contribution in [1.29, 1.82) is 0 Å². The van der Waals surface area contributed by atoms with Crippen molar-refractivity contribution in [2.24, 2.45) is 0 Å². The van der Waals surface area contributed by atoms with Crippen molar-refractivity contribution in [3.05, 3.63) is 27.3 Å². The largest absolute Gasteiger partial charge is 0.391 e. The lowest BCUT2D eigenvalue weighted by molar-refractivity contribution is 1.55. The van der Waals surface area contributed by atoms with Crippen molar-refractivity contribution in [1.82, 2.24) is 0 Å². The smallest absolute Gasteiger partial charge is 0.0869 e. The van der Waals surface area contributed by atoms with E-state index in [2.05, 4.69) is 47.7 Å². The number of fused-ring (bicyclic) bond motifs is 1. The summed E-state index contributed by atoms with van der Waals surface area (Å²) in [7, 11) is 0. The van der Waals surface area contributed by atoms with E-state index in [1.807, 2.05) is 0 Å². The van der Waals surface area contributed by atoms with Crippen LogP contribution in [0.5, 0.6) is 0 Å². The molecule has 1 aromatic carbocycles. The average molecular weight is 289 g/mol. The topological polar surface area (TPSA) is 26.0 Å². The lowest BCUT2D eigenvalue weighted by Gasteiger charge is -1.96. The number of anilines is 1. The summed E-state index contributed by atoms with van der Waals surface area (Å²) in [5, 5.41) is 2.19. The van der Waals surface area contributed by atoms with Gasteiger partial charge >= 0.3 is 0 Å². The Morgan fingerprint density at radius 2 is 2.17 bits per heavy atom. The average Bonchev–Trinajstić information content (AvgIpc) is 2.41. The number of thiophene rings is 1. The van der Waals surface area contributed by atoms with Gasteiger partial charge in [-0.15, -0.1) is 11.3 Å². The van der Waals surface area contributed by atoms with Crippen molar-refractivity contribution in [3.63, 3.8) is 0 Å². The molecule has 0 fully saturated rings. The monoisotopic (exact) mass is 289 g/mol. The second-order valence-electron chi connectivity index (χ2n) is 2.76. The highest BCUT2D eigenvalue weighted by atomic mass is 127. The first kappa shape index (κ1) is 8.31. The maximum atomic E-state index is 5.74. The number of rotatable bonds is 0. The molecule has 0 saturated heterocycles. The van der Waals surface area contributed by atoms with Crippen LogP contribution in [-0.4, -0.2) is 0 Å². The molecule has 0 radical (unpaired) electrons. The Balaban J connectivity index is 2.93.